The molecule has 1 fully saturated rings. The lowest BCUT2D eigenvalue weighted by molar-refractivity contribution is -0.124. The van der Waals surface area contributed by atoms with Crippen molar-refractivity contribution in [3.05, 3.63) is 41.4 Å². The highest BCUT2D eigenvalue weighted by Gasteiger charge is 2.56. The molecule has 1 aromatic carbocycles. The first-order valence-electron chi connectivity index (χ1n) is 7.07. The second-order valence-corrected chi connectivity index (χ2v) is 6.25. The van der Waals surface area contributed by atoms with Gasteiger partial charge in [0, 0.05) is 24.4 Å². The number of aromatic nitrogens is 1. The summed E-state index contributed by atoms with van der Waals surface area (Å²) in [5, 5.41) is 7.57. The Kier molecular flexibility index (Phi) is 2.95. The molecule has 1 aromatic heterocycles. The monoisotopic (exact) mass is 328 g/mol. The number of nitrogens with one attached hydrogen (secondary N) is 2. The van der Waals surface area contributed by atoms with Crippen LogP contribution in [0.1, 0.15) is 23.2 Å². The largest absolute Gasteiger partial charge is 0.321 e. The van der Waals surface area contributed by atoms with Gasteiger partial charge in [-0.3, -0.25) is 24.6 Å². The van der Waals surface area contributed by atoms with Gasteiger partial charge in [-0.05, 0) is 12.1 Å². The lowest BCUT2D eigenvalue weighted by atomic mass is 9.99. The zero-order chi connectivity index (χ0) is 16.0. The number of carbonyl (C=O) groups is 3. The fourth-order valence-corrected chi connectivity index (χ4v) is 3.58. The van der Waals surface area contributed by atoms with E-state index in [2.05, 4.69) is 15.6 Å². The third-order valence-electron chi connectivity index (χ3n) is 4.07. The van der Waals surface area contributed by atoms with E-state index in [0.717, 1.165) is 0 Å². The molecule has 0 saturated carbocycles. The van der Waals surface area contributed by atoms with Crippen LogP contribution in [0.5, 0.6) is 0 Å². The van der Waals surface area contributed by atoms with E-state index in [-0.39, 0.29) is 24.7 Å². The van der Waals surface area contributed by atoms with Crippen LogP contribution in [0, 0.1) is 0 Å². The molecular weight excluding hydrogens is 316 g/mol. The summed E-state index contributed by atoms with van der Waals surface area (Å²) >= 11 is 1.27. The number of benzene rings is 1. The quantitative estimate of drug-likeness (QED) is 0.870. The molecule has 2 aliphatic heterocycles. The van der Waals surface area contributed by atoms with Gasteiger partial charge in [0.05, 0.1) is 11.3 Å². The van der Waals surface area contributed by atoms with Crippen molar-refractivity contribution in [1.29, 1.82) is 0 Å². The first-order chi connectivity index (χ1) is 11.1. The molecule has 0 aliphatic carbocycles. The van der Waals surface area contributed by atoms with E-state index in [1.165, 1.54) is 16.2 Å². The number of carbonyl (C=O) groups excluding carboxylic acids is 3. The van der Waals surface area contributed by atoms with Crippen molar-refractivity contribution in [2.45, 2.75) is 18.5 Å². The van der Waals surface area contributed by atoms with Gasteiger partial charge in [0.25, 0.3) is 11.8 Å². The number of rotatable bonds is 2. The maximum absolute atomic E-state index is 12.8. The molecule has 0 radical (unpaired) electrons. The van der Waals surface area contributed by atoms with Crippen molar-refractivity contribution in [3.63, 3.8) is 0 Å². The van der Waals surface area contributed by atoms with Crippen LogP contribution in [0.15, 0.2) is 35.8 Å². The summed E-state index contributed by atoms with van der Waals surface area (Å²) in [6.07, 6.45) is 1.99. The zero-order valence-electron chi connectivity index (χ0n) is 11.9. The Morgan fingerprint density at radius 3 is 2.96 bits per heavy atom. The first-order valence-corrected chi connectivity index (χ1v) is 7.95. The number of hydrogen-bond donors (Lipinski definition) is 2. The van der Waals surface area contributed by atoms with Gasteiger partial charge in [0.1, 0.15) is 0 Å². The maximum Gasteiger partial charge on any atom is 0.273 e. The Labute approximate surface area is 135 Å². The molecule has 1 atom stereocenters. The topological polar surface area (TPSA) is 91.4 Å². The molecule has 2 N–H and O–H groups in total. The minimum absolute atomic E-state index is 0.188. The number of amides is 3. The van der Waals surface area contributed by atoms with Gasteiger partial charge in [0.2, 0.25) is 11.6 Å². The average Bonchev–Trinajstić information content (AvgIpc) is 3.16. The van der Waals surface area contributed by atoms with Crippen molar-refractivity contribution < 1.29 is 14.4 Å². The minimum atomic E-state index is -1.39. The molecule has 23 heavy (non-hydrogen) atoms. The van der Waals surface area contributed by atoms with E-state index < -0.39 is 11.6 Å². The molecular formula is C15H12N4O3S. The Balaban J connectivity index is 1.79. The van der Waals surface area contributed by atoms with Crippen LogP contribution in [0.25, 0.3) is 0 Å². The van der Waals surface area contributed by atoms with Crippen LogP contribution in [0.3, 0.4) is 0 Å². The SMILES string of the molecule is O=C1N[C@]2(C(=O)Nc3nccs3)CCC(=O)N2c2ccccc21. The molecule has 0 bridgehead atoms. The third-order valence-corrected chi connectivity index (χ3v) is 4.76. The summed E-state index contributed by atoms with van der Waals surface area (Å²) in [5.74, 6) is -1.01. The number of anilines is 2. The molecule has 2 aliphatic rings. The van der Waals surface area contributed by atoms with E-state index >= 15 is 0 Å². The number of fused-ring (bicyclic) bond motifs is 3. The van der Waals surface area contributed by atoms with Crippen molar-refractivity contribution in [2.75, 3.05) is 10.2 Å². The van der Waals surface area contributed by atoms with Gasteiger partial charge in [-0.15, -0.1) is 11.3 Å². The molecule has 4 rings (SSSR count). The van der Waals surface area contributed by atoms with Gasteiger partial charge < -0.3 is 5.32 Å². The van der Waals surface area contributed by atoms with Crippen LogP contribution >= 0.6 is 11.3 Å². The van der Waals surface area contributed by atoms with Crippen LogP contribution in [-0.4, -0.2) is 28.4 Å². The van der Waals surface area contributed by atoms with Crippen LogP contribution in [-0.2, 0) is 9.59 Å². The molecule has 1 saturated heterocycles. The minimum Gasteiger partial charge on any atom is -0.321 e. The highest BCUT2D eigenvalue weighted by molar-refractivity contribution is 7.13. The smallest absolute Gasteiger partial charge is 0.273 e. The van der Waals surface area contributed by atoms with E-state index in [4.69, 9.17) is 0 Å². The third kappa shape index (κ3) is 1.95. The summed E-state index contributed by atoms with van der Waals surface area (Å²) in [4.78, 5) is 43.0. The van der Waals surface area contributed by atoms with E-state index in [9.17, 15) is 14.4 Å². The van der Waals surface area contributed by atoms with Gasteiger partial charge >= 0.3 is 0 Å². The lowest BCUT2D eigenvalue weighted by Gasteiger charge is -2.41. The highest BCUT2D eigenvalue weighted by atomic mass is 32.1. The second-order valence-electron chi connectivity index (χ2n) is 5.35. The predicted molar refractivity (Wildman–Crippen MR) is 84.1 cm³/mol. The molecule has 0 spiro atoms. The Hall–Kier alpha value is -2.74. The summed E-state index contributed by atoms with van der Waals surface area (Å²) in [6, 6.07) is 6.79. The first kappa shape index (κ1) is 13.9. The Morgan fingerprint density at radius 2 is 2.17 bits per heavy atom. The molecule has 3 heterocycles. The zero-order valence-corrected chi connectivity index (χ0v) is 12.7. The molecule has 0 unspecified atom stereocenters. The Morgan fingerprint density at radius 1 is 1.35 bits per heavy atom. The molecule has 7 nitrogen and oxygen atoms in total. The standard InChI is InChI=1S/C15H12N4O3S/c20-11-5-6-15(13(22)17-14-16-7-8-23-14)18-12(21)9-3-1-2-4-10(9)19(11)15/h1-4,7-8H,5-6H2,(H,18,21)(H,16,17,22)/t15-/m1/s1. The number of thiazole rings is 1. The normalized spacial score (nSPS) is 22.3. The van der Waals surface area contributed by atoms with Crippen molar-refractivity contribution >= 4 is 39.9 Å². The molecule has 116 valence electrons. The fraction of sp³-hybridized carbons (Fsp3) is 0.200. The molecule has 8 heteroatoms. The summed E-state index contributed by atoms with van der Waals surface area (Å²) in [6.45, 7) is 0. The Bertz CT molecular complexity index is 820. The van der Waals surface area contributed by atoms with Crippen LogP contribution < -0.4 is 15.5 Å². The number of nitrogens with zero attached hydrogens (tertiary/aromatic N) is 2. The molecule has 3 amide bonds. The van der Waals surface area contributed by atoms with E-state index in [1.807, 2.05) is 0 Å². The summed E-state index contributed by atoms with van der Waals surface area (Å²) < 4.78 is 0. The van der Waals surface area contributed by atoms with Gasteiger partial charge in [-0.25, -0.2) is 4.98 Å². The van der Waals surface area contributed by atoms with Crippen LogP contribution in [0.4, 0.5) is 10.8 Å². The van der Waals surface area contributed by atoms with Gasteiger partial charge in [-0.1, -0.05) is 12.1 Å². The summed E-state index contributed by atoms with van der Waals surface area (Å²) in [7, 11) is 0. The van der Waals surface area contributed by atoms with Gasteiger partial charge in [0.15, 0.2) is 5.13 Å². The lowest BCUT2D eigenvalue weighted by Crippen LogP contribution is -2.68. The van der Waals surface area contributed by atoms with Crippen molar-refractivity contribution in [3.8, 4) is 0 Å². The number of hydrogen-bond acceptors (Lipinski definition) is 5. The fourth-order valence-electron chi connectivity index (χ4n) is 3.06. The van der Waals surface area contributed by atoms with Crippen LogP contribution in [0.2, 0.25) is 0 Å². The highest BCUT2D eigenvalue weighted by Crippen LogP contribution is 2.39. The average molecular weight is 328 g/mol. The molecule has 2 aromatic rings. The van der Waals surface area contributed by atoms with E-state index in [0.29, 0.717) is 16.4 Å². The number of para-hydroxylation sites is 1. The van der Waals surface area contributed by atoms with Crippen molar-refractivity contribution in [1.82, 2.24) is 10.3 Å². The summed E-state index contributed by atoms with van der Waals surface area (Å²) in [5.41, 5.74) is -0.540. The maximum atomic E-state index is 12.8. The van der Waals surface area contributed by atoms with Crippen molar-refractivity contribution in [2.24, 2.45) is 0 Å². The predicted octanol–water partition coefficient (Wildman–Crippen LogP) is 1.35. The van der Waals surface area contributed by atoms with E-state index in [1.54, 1.807) is 35.8 Å². The second kappa shape index (κ2) is 4.88. The van der Waals surface area contributed by atoms with Gasteiger partial charge in [-0.2, -0.15) is 0 Å².